The van der Waals surface area contributed by atoms with Crippen molar-refractivity contribution in [3.63, 3.8) is 0 Å². The number of nitrogens with one attached hydrogen (secondary N) is 1. The zero-order valence-corrected chi connectivity index (χ0v) is 18.7. The second-order valence-electron chi connectivity index (χ2n) is 8.93. The van der Waals surface area contributed by atoms with Crippen molar-refractivity contribution < 1.29 is 8.42 Å². The Morgan fingerprint density at radius 2 is 1.53 bits per heavy atom. The molecule has 1 N–H and O–H groups in total. The molecule has 156 valence electrons. The van der Waals surface area contributed by atoms with Crippen molar-refractivity contribution >= 4 is 21.4 Å². The van der Waals surface area contributed by atoms with Gasteiger partial charge in [-0.05, 0) is 48.2 Å². The van der Waals surface area contributed by atoms with Gasteiger partial charge in [0, 0.05) is 11.3 Å². The van der Waals surface area contributed by atoms with Crippen molar-refractivity contribution in [3.8, 4) is 0 Å². The van der Waals surface area contributed by atoms with E-state index in [0.29, 0.717) is 11.4 Å². The second-order valence-corrected chi connectivity index (χ2v) is 10.8. The van der Waals surface area contributed by atoms with Crippen LogP contribution in [0, 0.1) is 6.92 Å². The fourth-order valence-corrected chi connectivity index (χ4v) is 5.33. The van der Waals surface area contributed by atoms with Crippen molar-refractivity contribution in [1.82, 2.24) is 0 Å². The minimum absolute atomic E-state index is 0.0946. The summed E-state index contributed by atoms with van der Waals surface area (Å²) in [4.78, 5) is 0.318. The predicted octanol–water partition coefficient (Wildman–Crippen LogP) is 5.65. The molecule has 1 aliphatic rings. The molecule has 0 saturated heterocycles. The first-order chi connectivity index (χ1) is 14.2. The molecule has 0 bridgehead atoms. The van der Waals surface area contributed by atoms with E-state index in [4.69, 9.17) is 0 Å². The van der Waals surface area contributed by atoms with E-state index < -0.39 is 10.0 Å². The summed E-state index contributed by atoms with van der Waals surface area (Å²) in [6.45, 7) is 8.88. The summed E-state index contributed by atoms with van der Waals surface area (Å²) in [5.74, 6) is 0. The summed E-state index contributed by atoms with van der Waals surface area (Å²) < 4.78 is 28.2. The number of para-hydroxylation sites is 1. The lowest BCUT2D eigenvalue weighted by atomic mass is 9.87. The predicted molar refractivity (Wildman–Crippen MR) is 124 cm³/mol. The minimum Gasteiger partial charge on any atom is -0.376 e. The zero-order valence-electron chi connectivity index (χ0n) is 17.9. The van der Waals surface area contributed by atoms with Gasteiger partial charge in [-0.15, -0.1) is 0 Å². The smallest absolute Gasteiger partial charge is 0.264 e. The third kappa shape index (κ3) is 3.82. The average molecular weight is 421 g/mol. The SMILES string of the molecule is Cc1ccc(S(=O)(=O)N2CC(Nc3ccc(C(C)(C)C)cc3)c3ccccc32)cc1. The third-order valence-electron chi connectivity index (χ3n) is 5.63. The van der Waals surface area contributed by atoms with E-state index in [2.05, 4.69) is 50.4 Å². The van der Waals surface area contributed by atoms with E-state index in [0.717, 1.165) is 22.5 Å². The molecular weight excluding hydrogens is 392 g/mol. The zero-order chi connectivity index (χ0) is 21.5. The number of nitrogens with zero attached hydrogens (tertiary/aromatic N) is 1. The van der Waals surface area contributed by atoms with Crippen molar-refractivity contribution in [2.24, 2.45) is 0 Å². The van der Waals surface area contributed by atoms with Gasteiger partial charge in [-0.3, -0.25) is 4.31 Å². The molecule has 0 saturated carbocycles. The molecule has 30 heavy (non-hydrogen) atoms. The first-order valence-corrected chi connectivity index (χ1v) is 11.7. The fourth-order valence-electron chi connectivity index (χ4n) is 3.83. The maximum atomic E-state index is 13.4. The van der Waals surface area contributed by atoms with Crippen molar-refractivity contribution in [3.05, 3.63) is 89.5 Å². The highest BCUT2D eigenvalue weighted by Gasteiger charge is 2.36. The molecule has 1 heterocycles. The molecule has 4 nitrogen and oxygen atoms in total. The van der Waals surface area contributed by atoms with Crippen LogP contribution < -0.4 is 9.62 Å². The number of aryl methyl sites for hydroxylation is 1. The second kappa shape index (κ2) is 7.47. The number of fused-ring (bicyclic) bond motifs is 1. The van der Waals surface area contributed by atoms with Gasteiger partial charge < -0.3 is 5.32 Å². The van der Waals surface area contributed by atoms with Gasteiger partial charge in [-0.2, -0.15) is 0 Å². The standard InChI is InChI=1S/C25H28N2O2S/c1-18-9-15-21(16-10-18)30(28,29)27-17-23(22-7-5-6-8-24(22)27)26-20-13-11-19(12-14-20)25(2,3)4/h5-16,23,26H,17H2,1-4H3. The Kier molecular flexibility index (Phi) is 5.10. The molecule has 1 aliphatic heterocycles. The minimum atomic E-state index is -3.63. The van der Waals surface area contributed by atoms with Crippen LogP contribution in [0.15, 0.2) is 77.7 Å². The Morgan fingerprint density at radius 1 is 0.900 bits per heavy atom. The van der Waals surface area contributed by atoms with Crippen LogP contribution in [0.2, 0.25) is 0 Å². The lowest BCUT2D eigenvalue weighted by molar-refractivity contribution is 0.589. The fraction of sp³-hybridized carbons (Fsp3) is 0.280. The van der Waals surface area contributed by atoms with E-state index in [1.54, 1.807) is 12.1 Å². The van der Waals surface area contributed by atoms with Gasteiger partial charge in [0.2, 0.25) is 0 Å². The summed E-state index contributed by atoms with van der Waals surface area (Å²) in [7, 11) is -3.63. The van der Waals surface area contributed by atoms with Gasteiger partial charge in [0.05, 0.1) is 23.2 Å². The third-order valence-corrected chi connectivity index (χ3v) is 7.42. The summed E-state index contributed by atoms with van der Waals surface area (Å²) in [5.41, 5.74) is 5.11. The highest BCUT2D eigenvalue weighted by atomic mass is 32.2. The molecule has 0 radical (unpaired) electrons. The van der Waals surface area contributed by atoms with Crippen LogP contribution in [0.4, 0.5) is 11.4 Å². The average Bonchev–Trinajstić information content (AvgIpc) is 3.07. The Bertz CT molecular complexity index is 1150. The van der Waals surface area contributed by atoms with Crippen molar-refractivity contribution in [1.29, 1.82) is 0 Å². The molecule has 0 fully saturated rings. The molecule has 0 aromatic heterocycles. The Balaban J connectivity index is 1.64. The van der Waals surface area contributed by atoms with Crippen LogP contribution in [0.1, 0.15) is 43.5 Å². The van der Waals surface area contributed by atoms with Crippen LogP contribution in [0.25, 0.3) is 0 Å². The Morgan fingerprint density at radius 3 is 2.17 bits per heavy atom. The van der Waals surface area contributed by atoms with Gasteiger partial charge in [0.1, 0.15) is 0 Å². The molecule has 0 amide bonds. The van der Waals surface area contributed by atoms with Crippen LogP contribution in [-0.4, -0.2) is 15.0 Å². The van der Waals surface area contributed by atoms with E-state index in [-0.39, 0.29) is 11.5 Å². The monoisotopic (exact) mass is 420 g/mol. The van der Waals surface area contributed by atoms with Gasteiger partial charge in [-0.1, -0.05) is 68.8 Å². The molecule has 1 unspecified atom stereocenters. The Labute approximate surface area is 179 Å². The number of benzene rings is 3. The van der Waals surface area contributed by atoms with Gasteiger partial charge in [0.25, 0.3) is 10.0 Å². The number of rotatable bonds is 4. The number of sulfonamides is 1. The molecule has 5 heteroatoms. The summed E-state index contributed by atoms with van der Waals surface area (Å²) in [5, 5.41) is 3.53. The first kappa shape index (κ1) is 20.5. The summed E-state index contributed by atoms with van der Waals surface area (Å²) in [6, 6.07) is 23.0. The van der Waals surface area contributed by atoms with Crippen molar-refractivity contribution in [2.75, 3.05) is 16.2 Å². The molecule has 0 aliphatic carbocycles. The lowest BCUT2D eigenvalue weighted by Crippen LogP contribution is -2.31. The van der Waals surface area contributed by atoms with Crippen LogP contribution in [-0.2, 0) is 15.4 Å². The van der Waals surface area contributed by atoms with Crippen molar-refractivity contribution in [2.45, 2.75) is 44.0 Å². The van der Waals surface area contributed by atoms with E-state index >= 15 is 0 Å². The largest absolute Gasteiger partial charge is 0.376 e. The molecular formula is C25H28N2O2S. The maximum Gasteiger partial charge on any atom is 0.264 e. The van der Waals surface area contributed by atoms with Gasteiger partial charge in [0.15, 0.2) is 0 Å². The van der Waals surface area contributed by atoms with E-state index in [9.17, 15) is 8.42 Å². The van der Waals surface area contributed by atoms with Gasteiger partial charge in [-0.25, -0.2) is 8.42 Å². The first-order valence-electron chi connectivity index (χ1n) is 10.2. The highest BCUT2D eigenvalue weighted by Crippen LogP contribution is 2.40. The quantitative estimate of drug-likeness (QED) is 0.593. The van der Waals surface area contributed by atoms with E-state index in [1.165, 1.54) is 9.87 Å². The van der Waals surface area contributed by atoms with Crippen LogP contribution >= 0.6 is 0 Å². The van der Waals surface area contributed by atoms with Crippen LogP contribution in [0.5, 0.6) is 0 Å². The molecule has 3 aromatic carbocycles. The summed E-state index contributed by atoms with van der Waals surface area (Å²) in [6.07, 6.45) is 0. The Hall–Kier alpha value is -2.79. The molecule has 4 rings (SSSR count). The van der Waals surface area contributed by atoms with Gasteiger partial charge >= 0.3 is 0 Å². The lowest BCUT2D eigenvalue weighted by Gasteiger charge is -2.22. The van der Waals surface area contributed by atoms with Crippen LogP contribution in [0.3, 0.4) is 0 Å². The summed E-state index contributed by atoms with van der Waals surface area (Å²) >= 11 is 0. The normalized spacial score (nSPS) is 16.4. The highest BCUT2D eigenvalue weighted by molar-refractivity contribution is 7.92. The topological polar surface area (TPSA) is 49.4 Å². The maximum absolute atomic E-state index is 13.4. The molecule has 0 spiro atoms. The molecule has 1 atom stereocenters. The molecule has 3 aromatic rings. The van der Waals surface area contributed by atoms with E-state index in [1.807, 2.05) is 43.3 Å². The number of anilines is 2. The number of hydrogen-bond acceptors (Lipinski definition) is 3. The number of hydrogen-bond donors (Lipinski definition) is 1.